The Morgan fingerprint density at radius 3 is 2.83 bits per heavy atom. The molecule has 2 nitrogen and oxygen atoms in total. The number of hydrogen-bond acceptors (Lipinski definition) is 2. The Bertz CT molecular complexity index is 447. The summed E-state index contributed by atoms with van der Waals surface area (Å²) < 4.78 is 0. The van der Waals surface area contributed by atoms with Crippen LogP contribution in [-0.2, 0) is 11.2 Å². The molecule has 2 aliphatic heterocycles. The number of carbonyl (C=O) groups is 1. The molecule has 1 N–H and O–H groups in total. The Kier molecular flexibility index (Phi) is 3.10. The van der Waals surface area contributed by atoms with Gasteiger partial charge in [-0.25, -0.2) is 0 Å². The number of amides is 1. The molecule has 3 atom stereocenters. The van der Waals surface area contributed by atoms with Crippen molar-refractivity contribution in [1.29, 1.82) is 0 Å². The predicted molar refractivity (Wildman–Crippen MR) is 75.7 cm³/mol. The summed E-state index contributed by atoms with van der Waals surface area (Å²) in [5, 5.41) is 3.89. The van der Waals surface area contributed by atoms with Gasteiger partial charge in [-0.2, -0.15) is 11.8 Å². The Balaban J connectivity index is 1.80. The molecule has 1 amide bonds. The van der Waals surface area contributed by atoms with E-state index in [-0.39, 0.29) is 11.3 Å². The third-order valence-corrected chi connectivity index (χ3v) is 5.70. The van der Waals surface area contributed by atoms with Crippen LogP contribution in [0.4, 0.5) is 0 Å². The zero-order chi connectivity index (χ0) is 12.6. The van der Waals surface area contributed by atoms with Crippen molar-refractivity contribution in [1.82, 2.24) is 5.32 Å². The van der Waals surface area contributed by atoms with Gasteiger partial charge in [0.15, 0.2) is 0 Å². The summed E-state index contributed by atoms with van der Waals surface area (Å²) in [7, 11) is 0. The smallest absolute Gasteiger partial charge is 0.220 e. The molecule has 1 aromatic rings. The maximum atomic E-state index is 11.8. The van der Waals surface area contributed by atoms with Crippen molar-refractivity contribution in [3.05, 3.63) is 35.9 Å². The van der Waals surface area contributed by atoms with E-state index in [1.165, 1.54) is 12.0 Å². The second-order valence-corrected chi connectivity index (χ2v) is 7.10. The van der Waals surface area contributed by atoms with E-state index in [0.29, 0.717) is 11.3 Å². The fourth-order valence-corrected chi connectivity index (χ4v) is 4.81. The van der Waals surface area contributed by atoms with Gasteiger partial charge in [0.1, 0.15) is 0 Å². The summed E-state index contributed by atoms with van der Waals surface area (Å²) in [6.07, 6.45) is 2.87. The average molecular weight is 261 g/mol. The summed E-state index contributed by atoms with van der Waals surface area (Å²) in [4.78, 5) is 11.8. The molecule has 0 saturated carbocycles. The third kappa shape index (κ3) is 2.16. The van der Waals surface area contributed by atoms with E-state index in [1.54, 1.807) is 0 Å². The van der Waals surface area contributed by atoms with Gasteiger partial charge in [-0.3, -0.25) is 4.79 Å². The standard InChI is InChI=1S/C15H19NOS/c1-11-8-15(10-18-11)9-14(17)16-13(15)7-12-5-3-2-4-6-12/h2-6,11,13H,7-10H2,1H3,(H,16,17). The lowest BCUT2D eigenvalue weighted by Crippen LogP contribution is -2.39. The first-order valence-electron chi connectivity index (χ1n) is 6.63. The molecule has 3 unspecified atom stereocenters. The van der Waals surface area contributed by atoms with Gasteiger partial charge >= 0.3 is 0 Å². The number of benzene rings is 1. The lowest BCUT2D eigenvalue weighted by atomic mass is 9.76. The summed E-state index contributed by atoms with van der Waals surface area (Å²) in [6, 6.07) is 10.8. The van der Waals surface area contributed by atoms with Gasteiger partial charge in [-0.05, 0) is 18.4 Å². The molecule has 2 aliphatic rings. The first-order chi connectivity index (χ1) is 8.68. The minimum atomic E-state index is 0.205. The second-order valence-electron chi connectivity index (χ2n) is 5.67. The lowest BCUT2D eigenvalue weighted by Gasteiger charge is -2.29. The van der Waals surface area contributed by atoms with Crippen LogP contribution in [0.3, 0.4) is 0 Å². The van der Waals surface area contributed by atoms with Gasteiger partial charge in [0.05, 0.1) is 0 Å². The molecule has 96 valence electrons. The molecule has 18 heavy (non-hydrogen) atoms. The molecule has 3 heteroatoms. The molecular weight excluding hydrogens is 242 g/mol. The fourth-order valence-electron chi connectivity index (χ4n) is 3.32. The monoisotopic (exact) mass is 261 g/mol. The van der Waals surface area contributed by atoms with Gasteiger partial charge in [0.2, 0.25) is 5.91 Å². The highest BCUT2D eigenvalue weighted by molar-refractivity contribution is 8.00. The van der Waals surface area contributed by atoms with Crippen LogP contribution in [0.1, 0.15) is 25.3 Å². The molecule has 2 fully saturated rings. The van der Waals surface area contributed by atoms with Crippen LogP contribution in [0, 0.1) is 5.41 Å². The normalized spacial score (nSPS) is 35.1. The van der Waals surface area contributed by atoms with Crippen LogP contribution < -0.4 is 5.32 Å². The van der Waals surface area contributed by atoms with Crippen molar-refractivity contribution in [2.75, 3.05) is 5.75 Å². The largest absolute Gasteiger partial charge is 0.352 e. The molecule has 0 bridgehead atoms. The van der Waals surface area contributed by atoms with E-state index in [4.69, 9.17) is 0 Å². The van der Waals surface area contributed by atoms with E-state index < -0.39 is 0 Å². The minimum absolute atomic E-state index is 0.205. The van der Waals surface area contributed by atoms with E-state index in [9.17, 15) is 4.79 Å². The molecule has 1 spiro atoms. The number of rotatable bonds is 2. The molecule has 0 aliphatic carbocycles. The van der Waals surface area contributed by atoms with Crippen LogP contribution in [0.2, 0.25) is 0 Å². The Labute approximate surface area is 113 Å². The minimum Gasteiger partial charge on any atom is -0.352 e. The number of carbonyl (C=O) groups excluding carboxylic acids is 1. The average Bonchev–Trinajstić information content (AvgIpc) is 2.85. The highest BCUT2D eigenvalue weighted by Gasteiger charge is 2.50. The maximum absolute atomic E-state index is 11.8. The topological polar surface area (TPSA) is 29.1 Å². The highest BCUT2D eigenvalue weighted by Crippen LogP contribution is 2.49. The van der Waals surface area contributed by atoms with Crippen molar-refractivity contribution in [2.45, 2.75) is 37.5 Å². The summed E-state index contributed by atoms with van der Waals surface area (Å²) >= 11 is 2.02. The summed E-state index contributed by atoms with van der Waals surface area (Å²) in [5.41, 5.74) is 1.53. The van der Waals surface area contributed by atoms with E-state index in [1.807, 2.05) is 17.8 Å². The van der Waals surface area contributed by atoms with Gasteiger partial charge in [0.25, 0.3) is 0 Å². The first-order valence-corrected chi connectivity index (χ1v) is 7.68. The van der Waals surface area contributed by atoms with Gasteiger partial charge in [-0.1, -0.05) is 37.3 Å². The van der Waals surface area contributed by atoms with Crippen LogP contribution in [0.25, 0.3) is 0 Å². The number of thioether (sulfide) groups is 1. The van der Waals surface area contributed by atoms with E-state index in [0.717, 1.165) is 18.6 Å². The van der Waals surface area contributed by atoms with Crippen LogP contribution in [0.5, 0.6) is 0 Å². The first kappa shape index (κ1) is 12.1. The molecule has 3 rings (SSSR count). The van der Waals surface area contributed by atoms with Gasteiger partial charge in [-0.15, -0.1) is 0 Å². The fraction of sp³-hybridized carbons (Fsp3) is 0.533. The van der Waals surface area contributed by atoms with Crippen LogP contribution in [-0.4, -0.2) is 23.0 Å². The van der Waals surface area contributed by atoms with Crippen LogP contribution in [0.15, 0.2) is 30.3 Å². The van der Waals surface area contributed by atoms with Crippen LogP contribution >= 0.6 is 11.8 Å². The highest BCUT2D eigenvalue weighted by atomic mass is 32.2. The third-order valence-electron chi connectivity index (χ3n) is 4.22. The van der Waals surface area contributed by atoms with Gasteiger partial charge < -0.3 is 5.32 Å². The molecule has 1 aromatic carbocycles. The Morgan fingerprint density at radius 2 is 2.17 bits per heavy atom. The second kappa shape index (κ2) is 4.61. The zero-order valence-electron chi connectivity index (χ0n) is 10.7. The number of hydrogen-bond donors (Lipinski definition) is 1. The SMILES string of the molecule is CC1CC2(CS1)CC(=O)NC2Cc1ccccc1. The maximum Gasteiger partial charge on any atom is 0.220 e. The summed E-state index contributed by atoms with van der Waals surface area (Å²) in [5.74, 6) is 1.37. The quantitative estimate of drug-likeness (QED) is 0.886. The lowest BCUT2D eigenvalue weighted by molar-refractivity contribution is -0.119. The Morgan fingerprint density at radius 1 is 1.39 bits per heavy atom. The predicted octanol–water partition coefficient (Wildman–Crippen LogP) is 2.63. The van der Waals surface area contributed by atoms with Crippen molar-refractivity contribution in [2.24, 2.45) is 5.41 Å². The summed E-state index contributed by atoms with van der Waals surface area (Å²) in [6.45, 7) is 2.28. The van der Waals surface area contributed by atoms with Gasteiger partial charge in [0, 0.05) is 28.9 Å². The number of nitrogens with one attached hydrogen (secondary N) is 1. The molecular formula is C15H19NOS. The Hall–Kier alpha value is -0.960. The van der Waals surface area contributed by atoms with E-state index in [2.05, 4.69) is 36.5 Å². The van der Waals surface area contributed by atoms with Crippen molar-refractivity contribution >= 4 is 17.7 Å². The van der Waals surface area contributed by atoms with Crippen molar-refractivity contribution < 1.29 is 4.79 Å². The molecule has 0 aromatic heterocycles. The molecule has 2 saturated heterocycles. The van der Waals surface area contributed by atoms with Crippen molar-refractivity contribution in [3.8, 4) is 0 Å². The molecule has 0 radical (unpaired) electrons. The molecule has 2 heterocycles. The zero-order valence-corrected chi connectivity index (χ0v) is 11.5. The van der Waals surface area contributed by atoms with Crippen molar-refractivity contribution in [3.63, 3.8) is 0 Å². The van der Waals surface area contributed by atoms with E-state index >= 15 is 0 Å².